The van der Waals surface area contributed by atoms with Gasteiger partial charge in [0.15, 0.2) is 0 Å². The smallest absolute Gasteiger partial charge is 0.233 e. The second-order valence-electron chi connectivity index (χ2n) is 4.72. The van der Waals surface area contributed by atoms with Crippen molar-refractivity contribution >= 4 is 15.9 Å². The van der Waals surface area contributed by atoms with E-state index in [2.05, 4.69) is 63.1 Å². The number of aryl methyl sites for hydroxylation is 1. The lowest BCUT2D eigenvalue weighted by atomic mass is 10.2. The highest BCUT2D eigenvalue weighted by Gasteiger charge is 2.20. The molecule has 5 heteroatoms. The van der Waals surface area contributed by atoms with Crippen LogP contribution in [0, 0.1) is 0 Å². The van der Waals surface area contributed by atoms with Crippen molar-refractivity contribution in [3.05, 3.63) is 46.1 Å². The lowest BCUT2D eigenvalue weighted by Crippen LogP contribution is -2.26. The van der Waals surface area contributed by atoms with Gasteiger partial charge in [0.1, 0.15) is 0 Å². The Kier molecular flexibility index (Phi) is 5.31. The zero-order valence-corrected chi connectivity index (χ0v) is 13.7. The summed E-state index contributed by atoms with van der Waals surface area (Å²) in [6, 6.07) is 8.39. The first kappa shape index (κ1) is 15.2. The summed E-state index contributed by atoms with van der Waals surface area (Å²) < 4.78 is 6.80. The number of hydrogen-bond acceptors (Lipinski definition) is 4. The summed E-state index contributed by atoms with van der Waals surface area (Å²) in [4.78, 5) is 2.31. The van der Waals surface area contributed by atoms with Crippen molar-refractivity contribution in [1.82, 2.24) is 15.1 Å². The van der Waals surface area contributed by atoms with E-state index in [9.17, 15) is 0 Å². The van der Waals surface area contributed by atoms with Crippen molar-refractivity contribution in [2.24, 2.45) is 0 Å². The first-order chi connectivity index (χ1) is 9.65. The molecule has 0 spiro atoms. The van der Waals surface area contributed by atoms with Gasteiger partial charge in [-0.2, -0.15) is 0 Å². The maximum Gasteiger partial charge on any atom is 0.233 e. The molecule has 1 heterocycles. The number of benzene rings is 1. The van der Waals surface area contributed by atoms with Crippen LogP contribution in [0.4, 0.5) is 0 Å². The fraction of sp³-hybridized carbons (Fsp3) is 0.467. The Labute approximate surface area is 128 Å². The van der Waals surface area contributed by atoms with Crippen LogP contribution in [0.15, 0.2) is 33.2 Å². The fourth-order valence-corrected chi connectivity index (χ4v) is 2.51. The Hall–Kier alpha value is -1.20. The molecule has 0 aliphatic heterocycles. The second kappa shape index (κ2) is 6.99. The maximum absolute atomic E-state index is 5.67. The van der Waals surface area contributed by atoms with Gasteiger partial charge in [-0.25, -0.2) is 0 Å². The van der Waals surface area contributed by atoms with Gasteiger partial charge in [-0.3, -0.25) is 4.90 Å². The van der Waals surface area contributed by atoms with Gasteiger partial charge in [-0.05, 0) is 25.1 Å². The second-order valence-corrected chi connectivity index (χ2v) is 5.57. The predicted octanol–water partition coefficient (Wildman–Crippen LogP) is 3.98. The van der Waals surface area contributed by atoms with Crippen molar-refractivity contribution < 1.29 is 4.42 Å². The van der Waals surface area contributed by atoms with Gasteiger partial charge < -0.3 is 4.42 Å². The Morgan fingerprint density at radius 1 is 1.25 bits per heavy atom. The third-order valence-electron chi connectivity index (χ3n) is 3.43. The minimum Gasteiger partial charge on any atom is -0.424 e. The quantitative estimate of drug-likeness (QED) is 0.799. The summed E-state index contributed by atoms with van der Waals surface area (Å²) in [5.74, 6) is 1.39. The van der Waals surface area contributed by atoms with Crippen molar-refractivity contribution in [2.75, 3.05) is 6.54 Å². The molecule has 0 amide bonds. The Morgan fingerprint density at radius 2 is 2.00 bits per heavy atom. The number of aromatic nitrogens is 2. The van der Waals surface area contributed by atoms with Crippen molar-refractivity contribution in [1.29, 1.82) is 0 Å². The Balaban J connectivity index is 2.13. The van der Waals surface area contributed by atoms with E-state index in [-0.39, 0.29) is 6.04 Å². The first-order valence-electron chi connectivity index (χ1n) is 6.95. The highest BCUT2D eigenvalue weighted by atomic mass is 79.9. The topological polar surface area (TPSA) is 42.2 Å². The lowest BCUT2D eigenvalue weighted by molar-refractivity contribution is 0.181. The van der Waals surface area contributed by atoms with Crippen LogP contribution in [0.3, 0.4) is 0 Å². The van der Waals surface area contributed by atoms with Gasteiger partial charge in [-0.1, -0.05) is 48.0 Å². The van der Waals surface area contributed by atoms with Gasteiger partial charge in [0.25, 0.3) is 0 Å². The van der Waals surface area contributed by atoms with E-state index in [1.807, 2.05) is 13.0 Å². The van der Waals surface area contributed by atoms with Crippen LogP contribution in [-0.4, -0.2) is 21.6 Å². The molecular formula is C15H20BrN3O. The number of rotatable bonds is 6. The van der Waals surface area contributed by atoms with Gasteiger partial charge >= 0.3 is 0 Å². The van der Waals surface area contributed by atoms with E-state index in [0.717, 1.165) is 24.0 Å². The molecule has 1 atom stereocenters. The average Bonchev–Trinajstić information content (AvgIpc) is 2.94. The minimum absolute atomic E-state index is 0.111. The zero-order valence-electron chi connectivity index (χ0n) is 12.1. The van der Waals surface area contributed by atoms with Crippen molar-refractivity contribution in [3.8, 4) is 0 Å². The summed E-state index contributed by atoms with van der Waals surface area (Å²) >= 11 is 3.60. The van der Waals surface area contributed by atoms with Crippen molar-refractivity contribution in [2.45, 2.75) is 39.8 Å². The molecule has 0 fully saturated rings. The predicted molar refractivity (Wildman–Crippen MR) is 82.3 cm³/mol. The molecule has 0 N–H and O–H groups in total. The van der Waals surface area contributed by atoms with Gasteiger partial charge in [0, 0.05) is 17.4 Å². The van der Waals surface area contributed by atoms with E-state index < -0.39 is 0 Å². The average molecular weight is 338 g/mol. The maximum atomic E-state index is 5.67. The monoisotopic (exact) mass is 337 g/mol. The first-order valence-corrected chi connectivity index (χ1v) is 7.74. The standard InChI is InChI=1S/C15H20BrN3O/c1-4-14-17-18-15(20-14)11(3)19(5-2)10-12-8-6-7-9-13(12)16/h6-9,11H,4-5,10H2,1-3H3/t11-/m1/s1. The SMILES string of the molecule is CCc1nnc([C@@H](C)N(CC)Cc2ccccc2Br)o1. The van der Waals surface area contributed by atoms with Crippen molar-refractivity contribution in [3.63, 3.8) is 0 Å². The minimum atomic E-state index is 0.111. The van der Waals surface area contributed by atoms with Gasteiger partial charge in [0.2, 0.25) is 11.8 Å². The van der Waals surface area contributed by atoms with Crippen LogP contribution in [0.25, 0.3) is 0 Å². The zero-order chi connectivity index (χ0) is 14.5. The van der Waals surface area contributed by atoms with Crippen LogP contribution in [0.5, 0.6) is 0 Å². The molecule has 1 aromatic carbocycles. The normalized spacial score (nSPS) is 12.8. The third kappa shape index (κ3) is 3.46. The molecule has 20 heavy (non-hydrogen) atoms. The molecule has 108 valence electrons. The highest BCUT2D eigenvalue weighted by Crippen LogP contribution is 2.24. The van der Waals surface area contributed by atoms with Crippen LogP contribution in [0.2, 0.25) is 0 Å². The van der Waals surface area contributed by atoms with Crippen LogP contribution < -0.4 is 0 Å². The van der Waals surface area contributed by atoms with Gasteiger partial charge in [0.05, 0.1) is 6.04 Å². The van der Waals surface area contributed by atoms with E-state index >= 15 is 0 Å². The van der Waals surface area contributed by atoms with Gasteiger partial charge in [-0.15, -0.1) is 10.2 Å². The molecule has 4 nitrogen and oxygen atoms in total. The van der Waals surface area contributed by atoms with Crippen LogP contribution in [0.1, 0.15) is 44.2 Å². The molecule has 2 rings (SSSR count). The molecule has 0 radical (unpaired) electrons. The molecule has 0 aliphatic rings. The summed E-state index contributed by atoms with van der Waals surface area (Å²) in [6.45, 7) is 8.04. The molecular weight excluding hydrogens is 318 g/mol. The highest BCUT2D eigenvalue weighted by molar-refractivity contribution is 9.10. The number of halogens is 1. The number of nitrogens with zero attached hydrogens (tertiary/aromatic N) is 3. The largest absolute Gasteiger partial charge is 0.424 e. The van der Waals surface area contributed by atoms with E-state index in [4.69, 9.17) is 4.42 Å². The number of hydrogen-bond donors (Lipinski definition) is 0. The summed E-state index contributed by atoms with van der Waals surface area (Å²) in [7, 11) is 0. The van der Waals surface area contributed by atoms with Crippen LogP contribution >= 0.6 is 15.9 Å². The molecule has 0 aliphatic carbocycles. The summed E-state index contributed by atoms with van der Waals surface area (Å²) in [6.07, 6.45) is 0.774. The molecule has 2 aromatic rings. The molecule has 0 saturated heterocycles. The fourth-order valence-electron chi connectivity index (χ4n) is 2.10. The Morgan fingerprint density at radius 3 is 2.60 bits per heavy atom. The van der Waals surface area contributed by atoms with Crippen LogP contribution in [-0.2, 0) is 13.0 Å². The summed E-state index contributed by atoms with van der Waals surface area (Å²) in [5, 5.41) is 8.19. The molecule has 0 bridgehead atoms. The summed E-state index contributed by atoms with van der Waals surface area (Å²) in [5.41, 5.74) is 1.26. The lowest BCUT2D eigenvalue weighted by Gasteiger charge is -2.25. The molecule has 1 aromatic heterocycles. The van der Waals surface area contributed by atoms with E-state index in [0.29, 0.717) is 11.8 Å². The molecule has 0 saturated carbocycles. The Bertz CT molecular complexity index is 556. The third-order valence-corrected chi connectivity index (χ3v) is 4.20. The van der Waals surface area contributed by atoms with E-state index in [1.165, 1.54) is 5.56 Å². The molecule has 0 unspecified atom stereocenters. The van der Waals surface area contributed by atoms with E-state index in [1.54, 1.807) is 0 Å².